The number of nitrogens with zero attached hydrogens (tertiary/aromatic N) is 3. The van der Waals surface area contributed by atoms with E-state index in [1.807, 2.05) is 54.6 Å². The van der Waals surface area contributed by atoms with Crippen molar-refractivity contribution in [2.24, 2.45) is 5.41 Å². The van der Waals surface area contributed by atoms with E-state index in [0.29, 0.717) is 52.8 Å². The van der Waals surface area contributed by atoms with Crippen molar-refractivity contribution in [3.05, 3.63) is 142 Å². The largest absolute Gasteiger partial charge is 0.488 e. The van der Waals surface area contributed by atoms with Gasteiger partial charge >= 0.3 is 5.97 Å². The predicted molar refractivity (Wildman–Crippen MR) is 216 cm³/mol. The number of carboxylic acids is 1. The third-order valence-electron chi connectivity index (χ3n) is 10.7. The van der Waals surface area contributed by atoms with Crippen molar-refractivity contribution in [3.8, 4) is 17.6 Å². The zero-order valence-corrected chi connectivity index (χ0v) is 32.6. The number of halogens is 1. The van der Waals surface area contributed by atoms with E-state index in [-0.39, 0.29) is 25.9 Å². The second-order valence-electron chi connectivity index (χ2n) is 14.9. The highest BCUT2D eigenvalue weighted by Crippen LogP contribution is 2.49. The van der Waals surface area contributed by atoms with Crippen LogP contribution < -0.4 is 14.8 Å². The minimum absolute atomic E-state index is 0.102. The number of carboxylic acid groups (broad SMARTS) is 1. The summed E-state index contributed by atoms with van der Waals surface area (Å²) in [6, 6.07) is 26.1. The molecule has 0 radical (unpaired) electrons. The zero-order valence-electron chi connectivity index (χ0n) is 31.9. The number of aliphatic hydroxyl groups excluding tert-OH is 1. The Kier molecular flexibility index (Phi) is 13.6. The van der Waals surface area contributed by atoms with Crippen LogP contribution in [0.3, 0.4) is 0 Å². The molecule has 2 heterocycles. The summed E-state index contributed by atoms with van der Waals surface area (Å²) in [6.07, 6.45) is 10.9. The Morgan fingerprint density at radius 3 is 2.54 bits per heavy atom. The van der Waals surface area contributed by atoms with Crippen LogP contribution in [-0.2, 0) is 29.1 Å². The summed E-state index contributed by atoms with van der Waals surface area (Å²) in [5.74, 6) is -0.159. The van der Waals surface area contributed by atoms with Crippen LogP contribution in [0.25, 0.3) is 5.57 Å². The van der Waals surface area contributed by atoms with Crippen LogP contribution in [-0.4, -0.2) is 76.7 Å². The maximum absolute atomic E-state index is 12.3. The van der Waals surface area contributed by atoms with Gasteiger partial charge in [0.25, 0.3) is 0 Å². The number of pyridine rings is 1. The molecule has 0 spiro atoms. The van der Waals surface area contributed by atoms with Crippen molar-refractivity contribution in [3.63, 3.8) is 0 Å². The van der Waals surface area contributed by atoms with Crippen molar-refractivity contribution < 1.29 is 29.2 Å². The molecule has 10 nitrogen and oxygen atoms in total. The number of ether oxygens (including phenoxy) is 3. The molecular formula is C45H49ClN4O6. The fourth-order valence-corrected chi connectivity index (χ4v) is 7.58. The number of aliphatic hydroxyl groups is 1. The van der Waals surface area contributed by atoms with Crippen molar-refractivity contribution in [1.82, 2.24) is 15.2 Å². The molecule has 1 aliphatic carbocycles. The fraction of sp³-hybridized carbons (Fsp3) is 0.356. The molecule has 56 heavy (non-hydrogen) atoms. The molecule has 4 aromatic rings. The topological polar surface area (TPSA) is 137 Å². The number of allylic oxidation sites excluding steroid dienone is 2. The molecule has 1 aliphatic heterocycles. The number of β-amino-alcohol motifs (C(OH)–C–C–N with tert-alkyl or cyclic N) is 1. The number of nitrogens with one attached hydrogen (secondary N) is 1. The molecule has 0 bridgehead atoms. The number of carbonyl (C=O) groups is 1. The van der Waals surface area contributed by atoms with Gasteiger partial charge in [-0.15, -0.1) is 0 Å². The summed E-state index contributed by atoms with van der Waals surface area (Å²) >= 11 is 6.97. The maximum atomic E-state index is 12.3. The molecule has 2 aliphatic rings. The molecule has 3 N–H and O–H groups in total. The molecule has 3 atom stereocenters. The molecule has 1 aromatic heterocycles. The molecule has 292 valence electrons. The first-order chi connectivity index (χ1) is 27.1. The lowest BCUT2D eigenvalue weighted by molar-refractivity contribution is -0.139. The lowest BCUT2D eigenvalue weighted by Gasteiger charge is -2.47. The number of rotatable bonds is 18. The van der Waals surface area contributed by atoms with Crippen molar-refractivity contribution in [2.75, 3.05) is 32.8 Å². The lowest BCUT2D eigenvalue weighted by Crippen LogP contribution is -2.52. The minimum Gasteiger partial charge on any atom is -0.488 e. The van der Waals surface area contributed by atoms with Gasteiger partial charge in [-0.3, -0.25) is 15.1 Å². The van der Waals surface area contributed by atoms with Gasteiger partial charge in [0.1, 0.15) is 42.4 Å². The number of hydrogen-bond donors (Lipinski definition) is 3. The van der Waals surface area contributed by atoms with Gasteiger partial charge in [0, 0.05) is 67.8 Å². The Bertz CT molecular complexity index is 2050. The Morgan fingerprint density at radius 1 is 1.05 bits per heavy atom. The second-order valence-corrected chi connectivity index (χ2v) is 15.3. The number of aliphatic carboxylic acids is 1. The van der Waals surface area contributed by atoms with Crippen molar-refractivity contribution >= 4 is 23.1 Å². The summed E-state index contributed by atoms with van der Waals surface area (Å²) in [7, 11) is 0. The van der Waals surface area contributed by atoms with E-state index in [2.05, 4.69) is 59.4 Å². The number of hydrogen-bond acceptors (Lipinski definition) is 9. The summed E-state index contributed by atoms with van der Waals surface area (Å²) in [5.41, 5.74) is 3.41. The Balaban J connectivity index is 1.26. The molecule has 0 saturated carbocycles. The first kappa shape index (κ1) is 40.6. The highest BCUT2D eigenvalue weighted by molar-refractivity contribution is 6.32. The fourth-order valence-electron chi connectivity index (χ4n) is 7.34. The molecule has 0 amide bonds. The number of aromatic nitrogens is 1. The van der Waals surface area contributed by atoms with Gasteiger partial charge in [-0.2, -0.15) is 5.26 Å². The highest BCUT2D eigenvalue weighted by Gasteiger charge is 2.49. The third-order valence-corrected chi connectivity index (χ3v) is 11.0. The maximum Gasteiger partial charge on any atom is 0.321 e. The van der Waals surface area contributed by atoms with E-state index in [4.69, 9.17) is 25.8 Å². The molecule has 1 fully saturated rings. The van der Waals surface area contributed by atoms with Crippen molar-refractivity contribution in [1.29, 1.82) is 5.26 Å². The van der Waals surface area contributed by atoms with Crippen LogP contribution in [0.2, 0.25) is 5.02 Å². The van der Waals surface area contributed by atoms with E-state index >= 15 is 0 Å². The van der Waals surface area contributed by atoms with Crippen LogP contribution in [0.1, 0.15) is 54.5 Å². The van der Waals surface area contributed by atoms with E-state index in [9.17, 15) is 20.3 Å². The molecular weight excluding hydrogens is 728 g/mol. The van der Waals surface area contributed by atoms with Gasteiger partial charge in [0.05, 0.1) is 16.7 Å². The van der Waals surface area contributed by atoms with Gasteiger partial charge in [-0.25, -0.2) is 0 Å². The highest BCUT2D eigenvalue weighted by atomic mass is 35.5. The molecule has 6 rings (SSSR count). The summed E-state index contributed by atoms with van der Waals surface area (Å²) in [6.45, 7) is 7.56. The molecule has 1 saturated heterocycles. The van der Waals surface area contributed by atoms with Gasteiger partial charge in [-0.1, -0.05) is 98.3 Å². The Hall–Kier alpha value is -5.02. The number of nitriles is 1. The quantitative estimate of drug-likeness (QED) is 0.0888. The third kappa shape index (κ3) is 10.0. The number of benzene rings is 3. The zero-order chi connectivity index (χ0) is 39.5. The summed E-state index contributed by atoms with van der Waals surface area (Å²) < 4.78 is 19.9. The molecule has 2 unspecified atom stereocenters. The Labute approximate surface area is 334 Å². The van der Waals surface area contributed by atoms with Gasteiger partial charge in [-0.05, 0) is 54.2 Å². The summed E-state index contributed by atoms with van der Waals surface area (Å²) in [5, 5.41) is 33.0. The van der Waals surface area contributed by atoms with Crippen molar-refractivity contribution in [2.45, 2.75) is 64.0 Å². The minimum atomic E-state index is -0.975. The lowest BCUT2D eigenvalue weighted by atomic mass is 9.65. The normalized spacial score (nSPS) is 19.6. The monoisotopic (exact) mass is 776 g/mol. The average Bonchev–Trinajstić information content (AvgIpc) is 3.63. The van der Waals surface area contributed by atoms with Crippen LogP contribution in [0.15, 0.2) is 109 Å². The van der Waals surface area contributed by atoms with Crippen LogP contribution >= 0.6 is 11.6 Å². The standard InChI is InChI=1S/C45H49ClN4O6/c1-44(2)38(35-13-7-4-8-14-35)15-9-17-45(44,56-20-10-18-50-19-16-37(51)29-50)31-55-42-24-41(54-30-34-21-33(25-47)26-48-27-34)36(23-39(42)46)28-49-40(43(52)53)22-32-11-5-3-6-12-32/h3-9,11-15,17,21,23-24,26-27,37,40,49,51H,10,16,18-20,22,28-31H2,1-2H3,(H,52,53)/t37-,40?,45?/m1/s1. The van der Waals surface area contributed by atoms with Crippen LogP contribution in [0, 0.1) is 16.7 Å². The van der Waals surface area contributed by atoms with E-state index < -0.39 is 23.0 Å². The first-order valence-electron chi connectivity index (χ1n) is 19.0. The molecule has 11 heteroatoms. The van der Waals surface area contributed by atoms with Gasteiger partial charge < -0.3 is 29.3 Å². The van der Waals surface area contributed by atoms with E-state index in [1.165, 1.54) is 6.20 Å². The van der Waals surface area contributed by atoms with Gasteiger partial charge in [0.2, 0.25) is 0 Å². The predicted octanol–water partition coefficient (Wildman–Crippen LogP) is 7.24. The van der Waals surface area contributed by atoms with Gasteiger partial charge in [0.15, 0.2) is 0 Å². The number of likely N-dealkylation sites (tertiary alicyclic amines) is 1. The first-order valence-corrected chi connectivity index (χ1v) is 19.4. The Morgan fingerprint density at radius 2 is 1.82 bits per heavy atom. The van der Waals surface area contributed by atoms with E-state index in [1.54, 1.807) is 24.4 Å². The van der Waals surface area contributed by atoms with Crippen LogP contribution in [0.4, 0.5) is 0 Å². The average molecular weight is 777 g/mol. The van der Waals surface area contributed by atoms with E-state index in [0.717, 1.165) is 42.6 Å². The van der Waals surface area contributed by atoms with Crippen LogP contribution in [0.5, 0.6) is 11.5 Å². The second kappa shape index (κ2) is 18.7. The SMILES string of the molecule is CC1(C)C(c2ccccc2)=CC=CC1(COc1cc(OCc2cncc(C#N)c2)c(CNC(Cc2ccccc2)C(=O)O)cc1Cl)OCCCN1CC[C@@H](O)C1. The summed E-state index contributed by atoms with van der Waals surface area (Å²) in [4.78, 5) is 18.7. The molecule has 3 aromatic carbocycles. The smallest absolute Gasteiger partial charge is 0.321 e.